The standard InChI is InChI=1S/C14H19N3O2/c1-6-19-13(18)14(5,8-15)12-16-10(4)7-11(17-12)9(2)3/h7,9H,6H2,1-5H3. The third kappa shape index (κ3) is 3.08. The van der Waals surface area contributed by atoms with Gasteiger partial charge in [-0.15, -0.1) is 0 Å². The van der Waals surface area contributed by atoms with Crippen LogP contribution < -0.4 is 0 Å². The normalized spacial score (nSPS) is 13.7. The van der Waals surface area contributed by atoms with Crippen molar-refractivity contribution in [2.75, 3.05) is 6.61 Å². The summed E-state index contributed by atoms with van der Waals surface area (Å²) in [5.41, 5.74) is 0.0822. The number of aryl methyl sites for hydroxylation is 1. The molecule has 1 rings (SSSR count). The van der Waals surface area contributed by atoms with Gasteiger partial charge in [-0.3, -0.25) is 0 Å². The van der Waals surface area contributed by atoms with E-state index in [0.29, 0.717) is 0 Å². The van der Waals surface area contributed by atoms with Gasteiger partial charge in [0, 0.05) is 11.4 Å². The Hall–Kier alpha value is -1.96. The molecule has 0 saturated heterocycles. The van der Waals surface area contributed by atoms with Gasteiger partial charge in [-0.25, -0.2) is 14.8 Å². The largest absolute Gasteiger partial charge is 0.464 e. The predicted molar refractivity (Wildman–Crippen MR) is 70.5 cm³/mol. The Balaban J connectivity index is 3.33. The fourth-order valence-electron chi connectivity index (χ4n) is 1.57. The summed E-state index contributed by atoms with van der Waals surface area (Å²) in [7, 11) is 0. The zero-order chi connectivity index (χ0) is 14.6. The molecule has 0 aromatic carbocycles. The minimum Gasteiger partial charge on any atom is -0.464 e. The number of esters is 1. The number of nitriles is 1. The maximum atomic E-state index is 12.0. The van der Waals surface area contributed by atoms with E-state index in [0.717, 1.165) is 11.4 Å². The Kier molecular flexibility index (Phi) is 4.60. The fourth-order valence-corrected chi connectivity index (χ4v) is 1.57. The number of carbonyl (C=O) groups is 1. The topological polar surface area (TPSA) is 75.9 Å². The third-order valence-electron chi connectivity index (χ3n) is 2.82. The van der Waals surface area contributed by atoms with Crippen LogP contribution in [0.3, 0.4) is 0 Å². The van der Waals surface area contributed by atoms with Gasteiger partial charge in [-0.05, 0) is 32.8 Å². The number of rotatable bonds is 4. The molecule has 1 heterocycles. The van der Waals surface area contributed by atoms with Crippen molar-refractivity contribution in [1.29, 1.82) is 5.26 Å². The molecule has 5 nitrogen and oxygen atoms in total. The van der Waals surface area contributed by atoms with Gasteiger partial charge >= 0.3 is 5.97 Å². The van der Waals surface area contributed by atoms with Crippen LogP contribution in [0.4, 0.5) is 0 Å². The number of carbonyl (C=O) groups excluding carboxylic acids is 1. The highest BCUT2D eigenvalue weighted by molar-refractivity contribution is 5.85. The van der Waals surface area contributed by atoms with E-state index < -0.39 is 11.4 Å². The van der Waals surface area contributed by atoms with Gasteiger partial charge in [0.2, 0.25) is 5.41 Å². The van der Waals surface area contributed by atoms with E-state index in [1.807, 2.05) is 32.9 Å². The first-order valence-corrected chi connectivity index (χ1v) is 6.29. The van der Waals surface area contributed by atoms with Crippen molar-refractivity contribution in [2.24, 2.45) is 0 Å². The molecule has 0 aliphatic carbocycles. The maximum absolute atomic E-state index is 12.0. The molecule has 1 unspecified atom stereocenters. The number of nitrogens with zero attached hydrogens (tertiary/aromatic N) is 3. The van der Waals surface area contributed by atoms with Crippen LogP contribution in [0, 0.1) is 18.3 Å². The van der Waals surface area contributed by atoms with E-state index in [2.05, 4.69) is 9.97 Å². The summed E-state index contributed by atoms with van der Waals surface area (Å²) in [6.07, 6.45) is 0. The molecule has 1 aromatic heterocycles. The van der Waals surface area contributed by atoms with Crippen molar-refractivity contribution in [2.45, 2.75) is 46.0 Å². The lowest BCUT2D eigenvalue weighted by molar-refractivity contribution is -0.147. The lowest BCUT2D eigenvalue weighted by Crippen LogP contribution is -2.35. The van der Waals surface area contributed by atoms with Gasteiger partial charge in [-0.1, -0.05) is 13.8 Å². The molecule has 0 saturated carbocycles. The number of hydrogen-bond acceptors (Lipinski definition) is 5. The first-order chi connectivity index (χ1) is 8.85. The Bertz CT molecular complexity index is 520. The Morgan fingerprint density at radius 2 is 2.16 bits per heavy atom. The molecule has 1 atom stereocenters. The van der Waals surface area contributed by atoms with E-state index in [4.69, 9.17) is 4.74 Å². The number of ether oxygens (including phenoxy) is 1. The van der Waals surface area contributed by atoms with Crippen molar-refractivity contribution in [3.8, 4) is 6.07 Å². The third-order valence-corrected chi connectivity index (χ3v) is 2.82. The molecule has 0 aliphatic heterocycles. The lowest BCUT2D eigenvalue weighted by atomic mass is 9.91. The van der Waals surface area contributed by atoms with Crippen molar-refractivity contribution in [3.63, 3.8) is 0 Å². The molecular formula is C14H19N3O2. The van der Waals surface area contributed by atoms with Crippen LogP contribution in [0.1, 0.15) is 50.8 Å². The Morgan fingerprint density at radius 3 is 2.63 bits per heavy atom. The van der Waals surface area contributed by atoms with E-state index in [9.17, 15) is 10.1 Å². The molecule has 19 heavy (non-hydrogen) atoms. The van der Waals surface area contributed by atoms with Crippen LogP contribution in [-0.2, 0) is 14.9 Å². The highest BCUT2D eigenvalue weighted by atomic mass is 16.5. The van der Waals surface area contributed by atoms with Gasteiger partial charge in [0.1, 0.15) is 0 Å². The van der Waals surface area contributed by atoms with Crippen LogP contribution in [-0.4, -0.2) is 22.5 Å². The van der Waals surface area contributed by atoms with Gasteiger partial charge in [0.05, 0.1) is 12.7 Å². The monoisotopic (exact) mass is 261 g/mol. The second-order valence-corrected chi connectivity index (χ2v) is 4.87. The molecule has 0 aliphatic rings. The molecule has 5 heteroatoms. The second-order valence-electron chi connectivity index (χ2n) is 4.87. The van der Waals surface area contributed by atoms with Gasteiger partial charge in [-0.2, -0.15) is 5.26 Å². The Labute approximate surface area is 113 Å². The highest BCUT2D eigenvalue weighted by Gasteiger charge is 2.40. The van der Waals surface area contributed by atoms with Crippen molar-refractivity contribution in [1.82, 2.24) is 9.97 Å². The van der Waals surface area contributed by atoms with Gasteiger partial charge in [0.15, 0.2) is 5.82 Å². The summed E-state index contributed by atoms with van der Waals surface area (Å²) in [5, 5.41) is 9.33. The number of aromatic nitrogens is 2. The van der Waals surface area contributed by atoms with Crippen LogP contribution in [0.25, 0.3) is 0 Å². The van der Waals surface area contributed by atoms with Crippen LogP contribution in [0.2, 0.25) is 0 Å². The maximum Gasteiger partial charge on any atom is 0.334 e. The average Bonchev–Trinajstić information content (AvgIpc) is 2.37. The molecule has 0 amide bonds. The van der Waals surface area contributed by atoms with Crippen molar-refractivity contribution < 1.29 is 9.53 Å². The summed E-state index contributed by atoms with van der Waals surface area (Å²) >= 11 is 0. The zero-order valence-corrected chi connectivity index (χ0v) is 12.0. The smallest absolute Gasteiger partial charge is 0.334 e. The highest BCUT2D eigenvalue weighted by Crippen LogP contribution is 2.24. The summed E-state index contributed by atoms with van der Waals surface area (Å²) < 4.78 is 4.95. The molecule has 0 radical (unpaired) electrons. The molecule has 0 N–H and O–H groups in total. The van der Waals surface area contributed by atoms with Crippen LogP contribution in [0.5, 0.6) is 0 Å². The predicted octanol–water partition coefficient (Wildman–Crippen LogP) is 2.25. The fraction of sp³-hybridized carbons (Fsp3) is 0.571. The summed E-state index contributed by atoms with van der Waals surface area (Å²) in [5.74, 6) is -0.208. The minimum absolute atomic E-state index is 0.200. The first kappa shape index (κ1) is 15.1. The van der Waals surface area contributed by atoms with E-state index >= 15 is 0 Å². The number of hydrogen-bond donors (Lipinski definition) is 0. The molecule has 102 valence electrons. The van der Waals surface area contributed by atoms with Crippen LogP contribution >= 0.6 is 0 Å². The quantitative estimate of drug-likeness (QED) is 0.777. The second kappa shape index (κ2) is 5.79. The summed E-state index contributed by atoms with van der Waals surface area (Å²) in [6.45, 7) is 9.23. The average molecular weight is 261 g/mol. The zero-order valence-electron chi connectivity index (χ0n) is 12.0. The SMILES string of the molecule is CCOC(=O)C(C)(C#N)c1nc(C)cc(C(C)C)n1. The molecule has 0 bridgehead atoms. The summed E-state index contributed by atoms with van der Waals surface area (Å²) in [6, 6.07) is 3.83. The minimum atomic E-state index is -1.47. The lowest BCUT2D eigenvalue weighted by Gasteiger charge is -2.19. The molecule has 0 spiro atoms. The first-order valence-electron chi connectivity index (χ1n) is 6.29. The van der Waals surface area contributed by atoms with Crippen molar-refractivity contribution >= 4 is 5.97 Å². The molecule has 1 aromatic rings. The van der Waals surface area contributed by atoms with Crippen molar-refractivity contribution in [3.05, 3.63) is 23.3 Å². The van der Waals surface area contributed by atoms with Gasteiger partial charge in [0.25, 0.3) is 0 Å². The van der Waals surface area contributed by atoms with E-state index in [-0.39, 0.29) is 18.3 Å². The van der Waals surface area contributed by atoms with E-state index in [1.165, 1.54) is 6.92 Å². The molecular weight excluding hydrogens is 242 g/mol. The summed E-state index contributed by atoms with van der Waals surface area (Å²) in [4.78, 5) is 20.5. The van der Waals surface area contributed by atoms with E-state index in [1.54, 1.807) is 6.92 Å². The van der Waals surface area contributed by atoms with Gasteiger partial charge < -0.3 is 4.74 Å². The Morgan fingerprint density at radius 1 is 1.53 bits per heavy atom. The van der Waals surface area contributed by atoms with Crippen LogP contribution in [0.15, 0.2) is 6.07 Å². The molecule has 0 fully saturated rings.